The summed E-state index contributed by atoms with van der Waals surface area (Å²) in [4.78, 5) is 26.5. The van der Waals surface area contributed by atoms with Crippen LogP contribution in [0.1, 0.15) is 15.9 Å². The summed E-state index contributed by atoms with van der Waals surface area (Å²) in [6.45, 7) is 1.93. The Morgan fingerprint density at radius 1 is 1.28 bits per heavy atom. The summed E-state index contributed by atoms with van der Waals surface area (Å²) < 4.78 is 1.15. The number of rotatable bonds is 2. The molecule has 0 aliphatic rings. The maximum atomic E-state index is 11.5. The molecule has 0 aliphatic carbocycles. The number of carbonyl (C=O) groups is 1. The number of aromatic nitrogens is 2. The van der Waals surface area contributed by atoms with Crippen LogP contribution >= 0.6 is 0 Å². The van der Waals surface area contributed by atoms with E-state index in [1.54, 1.807) is 12.1 Å². The van der Waals surface area contributed by atoms with Crippen LogP contribution in [0.2, 0.25) is 0 Å². The average Bonchev–Trinajstić information content (AvgIpc) is 2.33. The van der Waals surface area contributed by atoms with Crippen molar-refractivity contribution < 1.29 is 9.90 Å². The van der Waals surface area contributed by atoms with Crippen molar-refractivity contribution in [3.8, 4) is 11.3 Å². The van der Waals surface area contributed by atoms with Crippen molar-refractivity contribution in [3.63, 3.8) is 0 Å². The van der Waals surface area contributed by atoms with Gasteiger partial charge in [0.15, 0.2) is 0 Å². The standard InChI is InChI=1S/C13H12N2O3/c1-8-3-5-9(6-4-8)11-10(12(16)17)7-15(2)13(18)14-11/h3-7H,1-2H3,(H,16,17). The molecule has 0 unspecified atom stereocenters. The molecule has 0 bridgehead atoms. The van der Waals surface area contributed by atoms with Gasteiger partial charge in [0, 0.05) is 18.8 Å². The summed E-state index contributed by atoms with van der Waals surface area (Å²) in [5, 5.41) is 9.14. The lowest BCUT2D eigenvalue weighted by Crippen LogP contribution is -2.22. The van der Waals surface area contributed by atoms with E-state index in [9.17, 15) is 9.59 Å². The fraction of sp³-hybridized carbons (Fsp3) is 0.154. The van der Waals surface area contributed by atoms with Gasteiger partial charge in [-0.15, -0.1) is 0 Å². The molecule has 0 amide bonds. The first-order chi connectivity index (χ1) is 8.49. The summed E-state index contributed by atoms with van der Waals surface area (Å²) in [6, 6.07) is 7.20. The first kappa shape index (κ1) is 12.0. The van der Waals surface area contributed by atoms with Gasteiger partial charge in [0.1, 0.15) is 5.56 Å². The molecule has 2 aromatic rings. The Kier molecular flexibility index (Phi) is 2.97. The van der Waals surface area contributed by atoms with E-state index in [0.717, 1.165) is 10.1 Å². The molecule has 0 radical (unpaired) electrons. The predicted octanol–water partition coefficient (Wildman–Crippen LogP) is 1.45. The first-order valence-electron chi connectivity index (χ1n) is 5.37. The number of hydrogen-bond acceptors (Lipinski definition) is 3. The quantitative estimate of drug-likeness (QED) is 0.867. The Balaban J connectivity index is 2.69. The Labute approximate surface area is 103 Å². The lowest BCUT2D eigenvalue weighted by molar-refractivity contribution is 0.0696. The van der Waals surface area contributed by atoms with Gasteiger partial charge in [-0.3, -0.25) is 0 Å². The zero-order valence-corrected chi connectivity index (χ0v) is 10.0. The van der Waals surface area contributed by atoms with Gasteiger partial charge in [0.25, 0.3) is 0 Å². The number of aryl methyl sites for hydroxylation is 2. The van der Waals surface area contributed by atoms with Gasteiger partial charge in [-0.25, -0.2) is 9.59 Å². The summed E-state index contributed by atoms with van der Waals surface area (Å²) in [5.74, 6) is -1.10. The fourth-order valence-corrected chi connectivity index (χ4v) is 1.63. The van der Waals surface area contributed by atoms with Crippen LogP contribution in [-0.2, 0) is 7.05 Å². The summed E-state index contributed by atoms with van der Waals surface area (Å²) in [5.41, 5.74) is 1.41. The van der Waals surface area contributed by atoms with E-state index < -0.39 is 11.7 Å². The topological polar surface area (TPSA) is 72.2 Å². The van der Waals surface area contributed by atoms with Gasteiger partial charge in [-0.05, 0) is 6.92 Å². The third-order valence-electron chi connectivity index (χ3n) is 2.64. The highest BCUT2D eigenvalue weighted by atomic mass is 16.4. The molecule has 0 saturated carbocycles. The van der Waals surface area contributed by atoms with E-state index in [2.05, 4.69) is 4.98 Å². The van der Waals surface area contributed by atoms with Crippen molar-refractivity contribution >= 4 is 5.97 Å². The van der Waals surface area contributed by atoms with Crippen molar-refractivity contribution in [2.45, 2.75) is 6.92 Å². The largest absolute Gasteiger partial charge is 0.478 e. The molecule has 5 nitrogen and oxygen atoms in total. The van der Waals surface area contributed by atoms with Crippen LogP contribution < -0.4 is 5.69 Å². The molecule has 0 spiro atoms. The molecule has 1 aromatic heterocycles. The first-order valence-corrected chi connectivity index (χ1v) is 5.37. The molecular weight excluding hydrogens is 232 g/mol. The lowest BCUT2D eigenvalue weighted by Gasteiger charge is -2.07. The predicted molar refractivity (Wildman–Crippen MR) is 66.6 cm³/mol. The molecule has 1 aromatic carbocycles. The highest BCUT2D eigenvalue weighted by Crippen LogP contribution is 2.20. The van der Waals surface area contributed by atoms with Crippen LogP contribution in [0.15, 0.2) is 35.3 Å². The highest BCUT2D eigenvalue weighted by Gasteiger charge is 2.15. The summed E-state index contributed by atoms with van der Waals surface area (Å²) in [6.07, 6.45) is 1.28. The van der Waals surface area contributed by atoms with Crippen LogP contribution in [0, 0.1) is 6.92 Å². The van der Waals surface area contributed by atoms with Crippen LogP contribution in [0.3, 0.4) is 0 Å². The molecule has 0 atom stereocenters. The molecule has 0 aliphatic heterocycles. The van der Waals surface area contributed by atoms with Crippen LogP contribution in [0.25, 0.3) is 11.3 Å². The minimum absolute atomic E-state index is 0.0148. The number of aromatic carboxylic acids is 1. The Bertz CT molecular complexity index is 657. The van der Waals surface area contributed by atoms with E-state index in [-0.39, 0.29) is 11.3 Å². The monoisotopic (exact) mass is 244 g/mol. The second-order valence-corrected chi connectivity index (χ2v) is 4.07. The van der Waals surface area contributed by atoms with Crippen molar-refractivity contribution in [3.05, 3.63) is 52.1 Å². The van der Waals surface area contributed by atoms with E-state index >= 15 is 0 Å². The summed E-state index contributed by atoms with van der Waals surface area (Å²) in [7, 11) is 1.47. The van der Waals surface area contributed by atoms with Gasteiger partial charge in [-0.2, -0.15) is 4.98 Å². The third-order valence-corrected chi connectivity index (χ3v) is 2.64. The van der Waals surface area contributed by atoms with Crippen LogP contribution in [0.4, 0.5) is 0 Å². The third kappa shape index (κ3) is 2.15. The van der Waals surface area contributed by atoms with E-state index in [1.165, 1.54) is 13.2 Å². The molecule has 2 rings (SSSR count). The van der Waals surface area contributed by atoms with Gasteiger partial charge in [0.2, 0.25) is 0 Å². The molecule has 0 saturated heterocycles. The number of nitrogens with zero attached hydrogens (tertiary/aromatic N) is 2. The van der Waals surface area contributed by atoms with Crippen molar-refractivity contribution in [1.29, 1.82) is 0 Å². The number of carboxylic acids is 1. The Morgan fingerprint density at radius 3 is 2.44 bits per heavy atom. The smallest absolute Gasteiger partial charge is 0.347 e. The second kappa shape index (κ2) is 4.44. The summed E-state index contributed by atoms with van der Waals surface area (Å²) >= 11 is 0. The highest BCUT2D eigenvalue weighted by molar-refractivity contribution is 5.94. The van der Waals surface area contributed by atoms with Crippen LogP contribution in [0.5, 0.6) is 0 Å². The molecule has 0 fully saturated rings. The minimum Gasteiger partial charge on any atom is -0.478 e. The van der Waals surface area contributed by atoms with E-state index in [4.69, 9.17) is 5.11 Å². The van der Waals surface area contributed by atoms with Gasteiger partial charge < -0.3 is 9.67 Å². The number of benzene rings is 1. The maximum absolute atomic E-state index is 11.5. The Morgan fingerprint density at radius 2 is 1.89 bits per heavy atom. The van der Waals surface area contributed by atoms with E-state index in [1.807, 2.05) is 19.1 Å². The molecular formula is C13H12N2O3. The SMILES string of the molecule is Cc1ccc(-c2nc(=O)n(C)cc2C(=O)O)cc1. The molecule has 5 heteroatoms. The van der Waals surface area contributed by atoms with Gasteiger partial charge in [-0.1, -0.05) is 29.8 Å². The average molecular weight is 244 g/mol. The van der Waals surface area contributed by atoms with Crippen LogP contribution in [-0.4, -0.2) is 20.6 Å². The molecule has 92 valence electrons. The van der Waals surface area contributed by atoms with Gasteiger partial charge in [0.05, 0.1) is 5.69 Å². The number of hydrogen-bond donors (Lipinski definition) is 1. The fourth-order valence-electron chi connectivity index (χ4n) is 1.63. The maximum Gasteiger partial charge on any atom is 0.347 e. The van der Waals surface area contributed by atoms with Crippen molar-refractivity contribution in [2.75, 3.05) is 0 Å². The van der Waals surface area contributed by atoms with Crippen molar-refractivity contribution in [1.82, 2.24) is 9.55 Å². The zero-order valence-electron chi connectivity index (χ0n) is 10.0. The molecule has 1 heterocycles. The zero-order chi connectivity index (χ0) is 13.3. The normalized spacial score (nSPS) is 10.3. The van der Waals surface area contributed by atoms with Gasteiger partial charge >= 0.3 is 11.7 Å². The molecule has 18 heavy (non-hydrogen) atoms. The lowest BCUT2D eigenvalue weighted by atomic mass is 10.1. The molecule has 1 N–H and O–H groups in total. The second-order valence-electron chi connectivity index (χ2n) is 4.07. The number of carboxylic acid groups (broad SMARTS) is 1. The Hall–Kier alpha value is -2.43. The van der Waals surface area contributed by atoms with Crippen molar-refractivity contribution in [2.24, 2.45) is 7.05 Å². The van der Waals surface area contributed by atoms with E-state index in [0.29, 0.717) is 5.56 Å². The minimum atomic E-state index is -1.10.